The van der Waals surface area contributed by atoms with Gasteiger partial charge in [0.25, 0.3) is 0 Å². The summed E-state index contributed by atoms with van der Waals surface area (Å²) < 4.78 is 0.683. The van der Waals surface area contributed by atoms with Crippen molar-refractivity contribution in [3.05, 3.63) is 11.6 Å². The van der Waals surface area contributed by atoms with Gasteiger partial charge in [-0.05, 0) is 19.4 Å². The zero-order valence-electron chi connectivity index (χ0n) is 4.43. The van der Waals surface area contributed by atoms with Crippen LogP contribution in [0.1, 0.15) is 13.8 Å². The minimum absolute atomic E-state index is 0.683. The van der Waals surface area contributed by atoms with Gasteiger partial charge in [0.1, 0.15) is 0 Å². The van der Waals surface area contributed by atoms with Gasteiger partial charge in [0.15, 0.2) is 0 Å². The molecule has 0 unspecified atom stereocenters. The molecule has 0 fully saturated rings. The van der Waals surface area contributed by atoms with Crippen LogP contribution >= 0.6 is 24.8 Å². The molecule has 40 valence electrons. The topological polar surface area (TPSA) is 0 Å². The van der Waals surface area contributed by atoms with E-state index in [9.17, 15) is 0 Å². The molecular weight excluding hydrogens is 124 g/mol. The van der Waals surface area contributed by atoms with E-state index >= 15 is 0 Å². The van der Waals surface area contributed by atoms with Crippen molar-refractivity contribution in [3.8, 4) is 0 Å². The highest BCUT2D eigenvalue weighted by molar-refractivity contribution is 8.11. The van der Waals surface area contributed by atoms with Crippen molar-refractivity contribution in [2.24, 2.45) is 0 Å². The van der Waals surface area contributed by atoms with Crippen LogP contribution in [0.2, 0.25) is 0 Å². The summed E-state index contributed by atoms with van der Waals surface area (Å²) in [6.07, 6.45) is 1.94. The fourth-order valence-corrected chi connectivity index (χ4v) is 0.370. The van der Waals surface area contributed by atoms with Crippen molar-refractivity contribution >= 4 is 29.0 Å². The molecule has 0 saturated carbocycles. The second kappa shape index (κ2) is 3.22. The molecule has 0 nitrogen and oxygen atoms in total. The van der Waals surface area contributed by atoms with Crippen LogP contribution in [0.25, 0.3) is 0 Å². The van der Waals surface area contributed by atoms with Gasteiger partial charge >= 0.3 is 0 Å². The molecule has 0 N–H and O–H groups in total. The van der Waals surface area contributed by atoms with Crippen molar-refractivity contribution in [1.82, 2.24) is 0 Å². The molecule has 0 aliphatic heterocycles. The Morgan fingerprint density at radius 3 is 2.14 bits per heavy atom. The van der Waals surface area contributed by atoms with Gasteiger partial charge in [0.05, 0.1) is 4.20 Å². The standard InChI is InChI=1S/C5H8S2/c1-3-4(2)5(6)7/h3H,1-2H3,(H,6,7)/b4-3+. The van der Waals surface area contributed by atoms with Gasteiger partial charge in [-0.2, -0.15) is 0 Å². The van der Waals surface area contributed by atoms with E-state index in [0.29, 0.717) is 4.20 Å². The van der Waals surface area contributed by atoms with Crippen molar-refractivity contribution in [3.63, 3.8) is 0 Å². The molecular formula is C5H8S2. The van der Waals surface area contributed by atoms with Crippen LogP contribution < -0.4 is 0 Å². The highest BCUT2D eigenvalue weighted by atomic mass is 32.1. The van der Waals surface area contributed by atoms with E-state index in [1.807, 2.05) is 19.9 Å². The molecule has 0 saturated heterocycles. The minimum atomic E-state index is 0.683. The summed E-state index contributed by atoms with van der Waals surface area (Å²) in [7, 11) is 0. The molecule has 0 spiro atoms. The van der Waals surface area contributed by atoms with Crippen LogP contribution in [-0.4, -0.2) is 4.20 Å². The van der Waals surface area contributed by atoms with E-state index in [2.05, 4.69) is 12.6 Å². The lowest BCUT2D eigenvalue weighted by atomic mass is 10.3. The third kappa shape index (κ3) is 2.83. The lowest BCUT2D eigenvalue weighted by Crippen LogP contribution is -1.80. The first-order valence-electron chi connectivity index (χ1n) is 2.04. The predicted octanol–water partition coefficient (Wildman–Crippen LogP) is 2.21. The quantitative estimate of drug-likeness (QED) is 0.324. The Hall–Kier alpha value is 0.180. The molecule has 0 amide bonds. The summed E-state index contributed by atoms with van der Waals surface area (Å²) in [6.45, 7) is 3.88. The Bertz CT molecular complexity index is 103. The van der Waals surface area contributed by atoms with Gasteiger partial charge in [-0.3, -0.25) is 0 Å². The second-order valence-electron chi connectivity index (χ2n) is 1.28. The Morgan fingerprint density at radius 2 is 2.14 bits per heavy atom. The van der Waals surface area contributed by atoms with E-state index in [0.717, 1.165) is 5.57 Å². The number of hydrogen-bond acceptors (Lipinski definition) is 1. The summed E-state index contributed by atoms with van der Waals surface area (Å²) >= 11 is 8.65. The fourth-order valence-electron chi connectivity index (χ4n) is 0.123. The van der Waals surface area contributed by atoms with Crippen molar-refractivity contribution in [2.75, 3.05) is 0 Å². The van der Waals surface area contributed by atoms with Crippen LogP contribution in [0.15, 0.2) is 11.6 Å². The van der Waals surface area contributed by atoms with E-state index in [1.54, 1.807) is 0 Å². The summed E-state index contributed by atoms with van der Waals surface area (Å²) in [6, 6.07) is 0. The maximum absolute atomic E-state index is 4.71. The zero-order chi connectivity index (χ0) is 5.86. The van der Waals surface area contributed by atoms with Crippen LogP contribution in [0.5, 0.6) is 0 Å². The average Bonchev–Trinajstić information content (AvgIpc) is 1.65. The zero-order valence-corrected chi connectivity index (χ0v) is 6.14. The largest absolute Gasteiger partial charge is 0.132 e. The fraction of sp³-hybridized carbons (Fsp3) is 0.400. The number of allylic oxidation sites excluding steroid dienone is 1. The van der Waals surface area contributed by atoms with Crippen molar-refractivity contribution < 1.29 is 0 Å². The van der Waals surface area contributed by atoms with Gasteiger partial charge in [-0.15, -0.1) is 12.6 Å². The number of thiol groups is 1. The Morgan fingerprint density at radius 1 is 1.71 bits per heavy atom. The lowest BCUT2D eigenvalue weighted by Gasteiger charge is -1.88. The third-order valence-electron chi connectivity index (χ3n) is 0.770. The van der Waals surface area contributed by atoms with Gasteiger partial charge in [0, 0.05) is 0 Å². The van der Waals surface area contributed by atoms with Crippen LogP contribution in [-0.2, 0) is 0 Å². The SMILES string of the molecule is C/C=C(\C)C(=S)S. The highest BCUT2D eigenvalue weighted by Gasteiger charge is 1.85. The molecule has 0 aromatic carbocycles. The molecule has 0 aliphatic carbocycles. The number of thiocarbonyl (C=S) groups is 1. The van der Waals surface area contributed by atoms with Crippen molar-refractivity contribution in [2.45, 2.75) is 13.8 Å². The van der Waals surface area contributed by atoms with Crippen molar-refractivity contribution in [1.29, 1.82) is 0 Å². The highest BCUT2D eigenvalue weighted by Crippen LogP contribution is 1.98. The molecule has 0 bridgehead atoms. The monoisotopic (exact) mass is 132 g/mol. The van der Waals surface area contributed by atoms with E-state index in [1.165, 1.54) is 0 Å². The van der Waals surface area contributed by atoms with Gasteiger partial charge < -0.3 is 0 Å². The summed E-state index contributed by atoms with van der Waals surface area (Å²) in [5, 5.41) is 0. The normalized spacial score (nSPS) is 11.6. The molecule has 0 radical (unpaired) electrons. The average molecular weight is 132 g/mol. The molecule has 0 aliphatic rings. The molecule has 7 heavy (non-hydrogen) atoms. The molecule has 0 aromatic rings. The molecule has 2 heteroatoms. The molecule has 0 heterocycles. The van der Waals surface area contributed by atoms with Crippen LogP contribution in [0.3, 0.4) is 0 Å². The first kappa shape index (κ1) is 7.18. The summed E-state index contributed by atoms with van der Waals surface area (Å²) in [5.74, 6) is 0. The van der Waals surface area contributed by atoms with Crippen LogP contribution in [0, 0.1) is 0 Å². The van der Waals surface area contributed by atoms with E-state index < -0.39 is 0 Å². The lowest BCUT2D eigenvalue weighted by molar-refractivity contribution is 1.57. The minimum Gasteiger partial charge on any atom is -0.132 e. The van der Waals surface area contributed by atoms with Crippen LogP contribution in [0.4, 0.5) is 0 Å². The first-order chi connectivity index (χ1) is 3.18. The van der Waals surface area contributed by atoms with E-state index in [-0.39, 0.29) is 0 Å². The maximum Gasteiger partial charge on any atom is 0.0701 e. The maximum atomic E-state index is 4.71. The first-order valence-corrected chi connectivity index (χ1v) is 2.90. The Balaban J connectivity index is 3.82. The molecule has 0 atom stereocenters. The summed E-state index contributed by atoms with van der Waals surface area (Å²) in [5.41, 5.74) is 1.07. The van der Waals surface area contributed by atoms with E-state index in [4.69, 9.17) is 12.2 Å². The number of hydrogen-bond donors (Lipinski definition) is 1. The Kier molecular flexibility index (Phi) is 3.30. The van der Waals surface area contributed by atoms with Gasteiger partial charge in [0.2, 0.25) is 0 Å². The predicted molar refractivity (Wildman–Crippen MR) is 41.0 cm³/mol. The Labute approximate surface area is 55.0 Å². The molecule has 0 rings (SSSR count). The number of rotatable bonds is 1. The van der Waals surface area contributed by atoms with Gasteiger partial charge in [-0.25, -0.2) is 0 Å². The molecule has 0 aromatic heterocycles. The second-order valence-corrected chi connectivity index (χ2v) is 2.43. The smallest absolute Gasteiger partial charge is 0.0701 e. The van der Waals surface area contributed by atoms with Gasteiger partial charge in [-0.1, -0.05) is 18.3 Å². The summed E-state index contributed by atoms with van der Waals surface area (Å²) in [4.78, 5) is 0. The third-order valence-corrected chi connectivity index (χ3v) is 1.45.